The molecule has 37 heavy (non-hydrogen) atoms. The summed E-state index contributed by atoms with van der Waals surface area (Å²) in [6.45, 7) is 8.25. The van der Waals surface area contributed by atoms with Crippen molar-refractivity contribution in [3.05, 3.63) is 77.3 Å². The number of ether oxygens (including phenoxy) is 3. The number of halogens is 1. The Morgan fingerprint density at radius 1 is 0.973 bits per heavy atom. The van der Waals surface area contributed by atoms with Gasteiger partial charge in [0.05, 0.1) is 12.3 Å². The molecule has 0 saturated heterocycles. The van der Waals surface area contributed by atoms with Crippen molar-refractivity contribution in [1.29, 1.82) is 0 Å². The number of rotatable bonds is 8. The van der Waals surface area contributed by atoms with Gasteiger partial charge in [-0.15, -0.1) is 5.10 Å². The predicted octanol–water partition coefficient (Wildman–Crippen LogP) is 5.82. The minimum atomic E-state index is -0.502. The van der Waals surface area contributed by atoms with Crippen LogP contribution in [0.3, 0.4) is 0 Å². The van der Waals surface area contributed by atoms with Gasteiger partial charge in [-0.05, 0) is 81.4 Å². The highest BCUT2D eigenvalue weighted by atomic mass is 35.5. The average Bonchev–Trinajstić information content (AvgIpc) is 3.55. The maximum absolute atomic E-state index is 13.2. The van der Waals surface area contributed by atoms with Crippen molar-refractivity contribution in [3.63, 3.8) is 0 Å². The van der Waals surface area contributed by atoms with Gasteiger partial charge in [0.2, 0.25) is 12.6 Å². The molecule has 0 amide bonds. The molecule has 0 fully saturated rings. The molecule has 192 valence electrons. The van der Waals surface area contributed by atoms with E-state index in [4.69, 9.17) is 30.9 Å². The molecule has 2 aliphatic heterocycles. The fourth-order valence-corrected chi connectivity index (χ4v) is 4.72. The number of hydrogen-bond donors (Lipinski definition) is 0. The van der Waals surface area contributed by atoms with Crippen molar-refractivity contribution in [2.45, 2.75) is 26.9 Å². The van der Waals surface area contributed by atoms with Crippen LogP contribution < -0.4 is 24.3 Å². The molecule has 8 nitrogen and oxygen atoms in total. The van der Waals surface area contributed by atoms with Crippen molar-refractivity contribution in [2.24, 2.45) is 5.10 Å². The Morgan fingerprint density at radius 2 is 1.65 bits per heavy atom. The van der Waals surface area contributed by atoms with Gasteiger partial charge in [0, 0.05) is 35.1 Å². The minimum absolute atomic E-state index is 0.172. The largest absolute Gasteiger partial charge is 0.460 e. The van der Waals surface area contributed by atoms with Crippen LogP contribution in [0.2, 0.25) is 5.02 Å². The summed E-state index contributed by atoms with van der Waals surface area (Å²) in [7, 11) is 0. The van der Waals surface area contributed by atoms with Gasteiger partial charge in [0.15, 0.2) is 17.7 Å². The average molecular weight is 521 g/mol. The van der Waals surface area contributed by atoms with Crippen molar-refractivity contribution in [3.8, 4) is 11.5 Å². The van der Waals surface area contributed by atoms with Gasteiger partial charge in [-0.2, -0.15) is 0 Å². The third kappa shape index (κ3) is 4.76. The number of anilines is 3. The van der Waals surface area contributed by atoms with Gasteiger partial charge in [-0.1, -0.05) is 17.7 Å². The lowest BCUT2D eigenvalue weighted by Gasteiger charge is -2.32. The predicted molar refractivity (Wildman–Crippen MR) is 146 cm³/mol. The molecular formula is C28H29ClN4O4. The normalized spacial score (nSPS) is 16.1. The molecule has 0 N–H and O–H groups in total. The monoisotopic (exact) mass is 520 g/mol. The van der Waals surface area contributed by atoms with Crippen LogP contribution in [0.25, 0.3) is 0 Å². The summed E-state index contributed by atoms with van der Waals surface area (Å²) in [5, 5.41) is 7.20. The molecule has 2 heterocycles. The first-order valence-corrected chi connectivity index (χ1v) is 12.8. The number of fused-ring (bicyclic) bond motifs is 1. The van der Waals surface area contributed by atoms with Crippen molar-refractivity contribution < 1.29 is 19.0 Å². The van der Waals surface area contributed by atoms with Crippen LogP contribution >= 0.6 is 11.6 Å². The van der Waals surface area contributed by atoms with Gasteiger partial charge in [-0.25, -0.2) is 9.80 Å². The SMILES string of the molecule is CCOC(=O)C1=NN(c2ccc(Cl)cc2)[C@H](c2ccc3c(c2)OCO3)N1c1ccc(N(CC)CC)cc1. The number of hydrogen-bond acceptors (Lipinski definition) is 8. The summed E-state index contributed by atoms with van der Waals surface area (Å²) < 4.78 is 16.6. The molecule has 0 aliphatic carbocycles. The molecule has 3 aromatic rings. The molecule has 0 saturated carbocycles. The second kappa shape index (κ2) is 10.6. The Labute approximate surface area is 221 Å². The highest BCUT2D eigenvalue weighted by Crippen LogP contribution is 2.43. The van der Waals surface area contributed by atoms with E-state index in [0.29, 0.717) is 16.5 Å². The molecular weight excluding hydrogens is 492 g/mol. The molecule has 0 radical (unpaired) electrons. The van der Waals surface area contributed by atoms with Gasteiger partial charge >= 0.3 is 5.97 Å². The number of carbonyl (C=O) groups is 1. The lowest BCUT2D eigenvalue weighted by Crippen LogP contribution is -2.39. The van der Waals surface area contributed by atoms with Crippen LogP contribution in [0.1, 0.15) is 32.5 Å². The van der Waals surface area contributed by atoms with E-state index in [9.17, 15) is 4.79 Å². The molecule has 0 bridgehead atoms. The highest BCUT2D eigenvalue weighted by Gasteiger charge is 2.41. The summed E-state index contributed by atoms with van der Waals surface area (Å²) in [5.74, 6) is 1.02. The van der Waals surface area contributed by atoms with Gasteiger partial charge in [0.1, 0.15) is 0 Å². The zero-order chi connectivity index (χ0) is 25.9. The van der Waals surface area contributed by atoms with Crippen molar-refractivity contribution in [2.75, 3.05) is 41.3 Å². The Morgan fingerprint density at radius 3 is 2.32 bits per heavy atom. The molecule has 0 unspecified atom stereocenters. The molecule has 0 aromatic heterocycles. The summed E-state index contributed by atoms with van der Waals surface area (Å²) in [4.78, 5) is 17.4. The standard InChI is InChI=1S/C28H29ClN4O4/c1-4-31(5-2)21-12-14-22(15-13-21)32-26(28(34)35-6-3)30-33(23-10-8-20(29)9-11-23)27(32)19-7-16-24-25(17-19)37-18-36-24/h7-17,27H,4-6,18H2,1-3H3/t27-/m1/s1. The van der Waals surface area contributed by atoms with Gasteiger partial charge < -0.3 is 19.1 Å². The second-order valence-electron chi connectivity index (χ2n) is 8.51. The third-order valence-corrected chi connectivity index (χ3v) is 6.66. The first-order chi connectivity index (χ1) is 18.0. The van der Waals surface area contributed by atoms with Gasteiger partial charge in [0.25, 0.3) is 0 Å². The number of hydrazone groups is 1. The fourth-order valence-electron chi connectivity index (χ4n) is 4.60. The molecule has 5 rings (SSSR count). The van der Waals surface area contributed by atoms with E-state index in [-0.39, 0.29) is 19.2 Å². The molecule has 0 spiro atoms. The smallest absolute Gasteiger partial charge is 0.376 e. The molecule has 1 atom stereocenters. The Bertz CT molecular complexity index is 1290. The maximum Gasteiger partial charge on any atom is 0.376 e. The van der Waals surface area contributed by atoms with Crippen LogP contribution in [0.15, 0.2) is 71.8 Å². The van der Waals surface area contributed by atoms with Crippen LogP contribution in [0, 0.1) is 0 Å². The Balaban J connectivity index is 1.64. The number of carbonyl (C=O) groups excluding carboxylic acids is 1. The molecule has 2 aliphatic rings. The van der Waals surface area contributed by atoms with Gasteiger partial charge in [-0.3, -0.25) is 4.90 Å². The van der Waals surface area contributed by atoms with E-state index < -0.39 is 12.1 Å². The van der Waals surface area contributed by atoms with Crippen LogP contribution in [-0.4, -0.2) is 38.3 Å². The van der Waals surface area contributed by atoms with E-state index in [1.165, 1.54) is 0 Å². The van der Waals surface area contributed by atoms with Crippen LogP contribution in [-0.2, 0) is 9.53 Å². The zero-order valence-corrected chi connectivity index (χ0v) is 21.8. The number of amidine groups is 1. The second-order valence-corrected chi connectivity index (χ2v) is 8.95. The number of benzene rings is 3. The van der Waals surface area contributed by atoms with E-state index >= 15 is 0 Å². The molecule has 3 aromatic carbocycles. The summed E-state index contributed by atoms with van der Waals surface area (Å²) in [6.07, 6.45) is -0.491. The van der Waals surface area contributed by atoms with Crippen LogP contribution in [0.5, 0.6) is 11.5 Å². The minimum Gasteiger partial charge on any atom is -0.460 e. The third-order valence-electron chi connectivity index (χ3n) is 6.41. The highest BCUT2D eigenvalue weighted by molar-refractivity contribution is 6.42. The molecule has 9 heteroatoms. The van der Waals surface area contributed by atoms with Crippen LogP contribution in [0.4, 0.5) is 17.1 Å². The topological polar surface area (TPSA) is 66.8 Å². The number of esters is 1. The first-order valence-electron chi connectivity index (χ1n) is 12.4. The summed E-state index contributed by atoms with van der Waals surface area (Å²) in [5.41, 5.74) is 3.56. The van der Waals surface area contributed by atoms with E-state index in [1.807, 2.05) is 47.4 Å². The van der Waals surface area contributed by atoms with E-state index in [2.05, 4.69) is 30.9 Å². The summed E-state index contributed by atoms with van der Waals surface area (Å²) in [6, 6.07) is 21.3. The van der Waals surface area contributed by atoms with E-state index in [1.54, 1.807) is 24.1 Å². The first kappa shape index (κ1) is 24.8. The number of nitrogens with zero attached hydrogens (tertiary/aromatic N) is 4. The lowest BCUT2D eigenvalue weighted by molar-refractivity contribution is -0.135. The Kier molecular flexibility index (Phi) is 7.10. The van der Waals surface area contributed by atoms with E-state index in [0.717, 1.165) is 35.7 Å². The maximum atomic E-state index is 13.2. The summed E-state index contributed by atoms with van der Waals surface area (Å²) >= 11 is 6.17. The lowest BCUT2D eigenvalue weighted by atomic mass is 10.1. The van der Waals surface area contributed by atoms with Crippen molar-refractivity contribution in [1.82, 2.24) is 0 Å². The zero-order valence-electron chi connectivity index (χ0n) is 21.1. The Hall–Kier alpha value is -3.91. The van der Waals surface area contributed by atoms with Crippen molar-refractivity contribution >= 4 is 40.5 Å². The fraction of sp³-hybridized carbons (Fsp3) is 0.286. The quantitative estimate of drug-likeness (QED) is 0.347.